The highest BCUT2D eigenvalue weighted by molar-refractivity contribution is 5.97. The normalized spacial score (nSPS) is 23.6. The number of likely N-dealkylation sites (tertiary alicyclic amines) is 2. The summed E-state index contributed by atoms with van der Waals surface area (Å²) in [5, 5.41) is 0. The molecule has 3 aromatic rings. The van der Waals surface area contributed by atoms with Gasteiger partial charge in [0.2, 0.25) is 5.91 Å². The van der Waals surface area contributed by atoms with Crippen molar-refractivity contribution in [2.75, 3.05) is 19.6 Å². The van der Waals surface area contributed by atoms with E-state index in [4.69, 9.17) is 0 Å². The van der Waals surface area contributed by atoms with Gasteiger partial charge in [-0.25, -0.2) is 4.98 Å². The van der Waals surface area contributed by atoms with E-state index in [9.17, 15) is 9.59 Å². The highest BCUT2D eigenvalue weighted by Gasteiger charge is 2.49. The Hall–Kier alpha value is -3.15. The fourth-order valence-electron chi connectivity index (χ4n) is 5.10. The minimum absolute atomic E-state index is 0.0339. The largest absolute Gasteiger partial charge is 0.345 e. The third-order valence-corrected chi connectivity index (χ3v) is 6.53. The summed E-state index contributed by atoms with van der Waals surface area (Å²) < 4.78 is 0. The topological polar surface area (TPSA) is 69.3 Å². The van der Waals surface area contributed by atoms with Crippen molar-refractivity contribution < 1.29 is 9.59 Å². The number of amides is 2. The molecule has 0 unspecified atom stereocenters. The van der Waals surface area contributed by atoms with Crippen molar-refractivity contribution in [3.63, 3.8) is 0 Å². The van der Waals surface area contributed by atoms with Gasteiger partial charge in [-0.3, -0.25) is 9.59 Å². The molecule has 0 aliphatic carbocycles. The van der Waals surface area contributed by atoms with E-state index in [0.29, 0.717) is 31.1 Å². The van der Waals surface area contributed by atoms with Gasteiger partial charge in [-0.05, 0) is 36.2 Å². The second-order valence-electron chi connectivity index (χ2n) is 8.24. The zero-order valence-electron chi connectivity index (χ0n) is 16.6. The summed E-state index contributed by atoms with van der Waals surface area (Å²) >= 11 is 0. The first-order valence-electron chi connectivity index (χ1n) is 10.1. The van der Waals surface area contributed by atoms with Crippen LogP contribution < -0.4 is 0 Å². The molecule has 1 aromatic heterocycles. The van der Waals surface area contributed by atoms with Crippen molar-refractivity contribution in [2.24, 2.45) is 11.8 Å². The van der Waals surface area contributed by atoms with Crippen LogP contribution in [0.4, 0.5) is 0 Å². The maximum absolute atomic E-state index is 13.2. The van der Waals surface area contributed by atoms with Crippen LogP contribution in [0.2, 0.25) is 0 Å². The molecule has 148 valence electrons. The van der Waals surface area contributed by atoms with E-state index in [1.54, 1.807) is 13.3 Å². The molecule has 5 rings (SSSR count). The number of aromatic nitrogens is 2. The number of aryl methyl sites for hydroxylation is 1. The molecule has 1 N–H and O–H groups in total. The Morgan fingerprint density at radius 2 is 1.93 bits per heavy atom. The first kappa shape index (κ1) is 17.9. The number of aromatic amines is 1. The average Bonchev–Trinajstić information content (AvgIpc) is 3.41. The van der Waals surface area contributed by atoms with E-state index in [1.807, 2.05) is 40.1 Å². The zero-order chi connectivity index (χ0) is 20.1. The molecule has 29 heavy (non-hydrogen) atoms. The Bertz CT molecular complexity index is 1100. The van der Waals surface area contributed by atoms with Crippen molar-refractivity contribution in [2.45, 2.75) is 19.9 Å². The van der Waals surface area contributed by atoms with E-state index in [-0.39, 0.29) is 23.8 Å². The second kappa shape index (κ2) is 6.72. The van der Waals surface area contributed by atoms with Crippen molar-refractivity contribution in [1.82, 2.24) is 19.8 Å². The molecule has 2 saturated heterocycles. The lowest BCUT2D eigenvalue weighted by Gasteiger charge is -2.30. The maximum Gasteiger partial charge on any atom is 0.253 e. The lowest BCUT2D eigenvalue weighted by Crippen LogP contribution is -2.36. The summed E-state index contributed by atoms with van der Waals surface area (Å²) in [7, 11) is 0. The van der Waals surface area contributed by atoms with Gasteiger partial charge in [0, 0.05) is 44.0 Å². The molecule has 0 spiro atoms. The quantitative estimate of drug-likeness (QED) is 0.733. The molecule has 2 amide bonds. The minimum atomic E-state index is 0.0339. The summed E-state index contributed by atoms with van der Waals surface area (Å²) in [6.45, 7) is 5.82. The third-order valence-electron chi connectivity index (χ3n) is 6.53. The van der Waals surface area contributed by atoms with E-state index in [2.05, 4.69) is 29.0 Å². The molecule has 2 aliphatic heterocycles. The van der Waals surface area contributed by atoms with Gasteiger partial charge in [0.15, 0.2) is 0 Å². The molecule has 2 fully saturated rings. The van der Waals surface area contributed by atoms with E-state index in [0.717, 1.165) is 11.0 Å². The Kier molecular flexibility index (Phi) is 4.15. The fraction of sp³-hybridized carbons (Fsp3) is 0.348. The van der Waals surface area contributed by atoms with Gasteiger partial charge in [-0.1, -0.05) is 24.3 Å². The molecule has 6 nitrogen and oxygen atoms in total. The van der Waals surface area contributed by atoms with Gasteiger partial charge in [0.05, 0.1) is 23.4 Å². The summed E-state index contributed by atoms with van der Waals surface area (Å²) in [5.41, 5.74) is 4.80. The summed E-state index contributed by atoms with van der Waals surface area (Å²) in [6, 6.07) is 13.9. The van der Waals surface area contributed by atoms with Crippen LogP contribution in [-0.2, 0) is 4.79 Å². The smallest absolute Gasteiger partial charge is 0.253 e. The molecule has 0 saturated carbocycles. The monoisotopic (exact) mass is 388 g/mol. The lowest BCUT2D eigenvalue weighted by molar-refractivity contribution is -0.130. The summed E-state index contributed by atoms with van der Waals surface area (Å²) in [6.07, 6.45) is 1.64. The number of nitrogens with one attached hydrogen (secondary N) is 1. The molecular formula is C23H24N4O2. The van der Waals surface area contributed by atoms with Crippen LogP contribution in [0.5, 0.6) is 0 Å². The zero-order valence-corrected chi connectivity index (χ0v) is 16.6. The van der Waals surface area contributed by atoms with E-state index >= 15 is 0 Å². The van der Waals surface area contributed by atoms with Crippen LogP contribution in [0, 0.1) is 18.8 Å². The van der Waals surface area contributed by atoms with Crippen LogP contribution in [0.1, 0.15) is 34.5 Å². The lowest BCUT2D eigenvalue weighted by atomic mass is 9.87. The van der Waals surface area contributed by atoms with E-state index < -0.39 is 0 Å². The number of fused-ring (bicyclic) bond motifs is 2. The van der Waals surface area contributed by atoms with Crippen LogP contribution >= 0.6 is 0 Å². The maximum atomic E-state index is 13.2. The summed E-state index contributed by atoms with van der Waals surface area (Å²) in [5.74, 6) is 0.729. The van der Waals surface area contributed by atoms with Crippen LogP contribution in [0.25, 0.3) is 11.0 Å². The highest BCUT2D eigenvalue weighted by atomic mass is 16.2. The number of carbonyl (C=O) groups is 2. The molecule has 6 heteroatoms. The fourth-order valence-corrected chi connectivity index (χ4v) is 5.10. The molecule has 3 atom stereocenters. The van der Waals surface area contributed by atoms with Gasteiger partial charge in [-0.15, -0.1) is 0 Å². The Balaban J connectivity index is 1.43. The number of benzene rings is 2. The van der Waals surface area contributed by atoms with Gasteiger partial charge >= 0.3 is 0 Å². The van der Waals surface area contributed by atoms with Crippen molar-refractivity contribution in [3.8, 4) is 0 Å². The molecular weight excluding hydrogens is 364 g/mol. The van der Waals surface area contributed by atoms with Crippen LogP contribution in [0.15, 0.2) is 48.8 Å². The molecule has 2 aromatic carbocycles. The SMILES string of the molecule is CC(=O)N1C[C@H]2CN(C(=O)c3ccc4nc[nH]c4c3)C[C@H]2[C@H]1c1ccccc1C. The second-order valence-corrected chi connectivity index (χ2v) is 8.24. The van der Waals surface area contributed by atoms with Crippen LogP contribution in [-0.4, -0.2) is 51.2 Å². The van der Waals surface area contributed by atoms with Gasteiger partial charge in [0.1, 0.15) is 0 Å². The molecule has 2 aliphatic rings. The Morgan fingerprint density at radius 3 is 2.72 bits per heavy atom. The standard InChI is InChI=1S/C23H24N4O2/c1-14-5-3-4-6-18(14)22-19-12-26(10-17(19)11-27(22)15(2)28)23(29)16-7-8-20-21(9-16)25-13-24-20/h3-9,13,17,19,22H,10-12H2,1-2H3,(H,24,25)/t17-,19-,22-/m1/s1. The highest BCUT2D eigenvalue weighted by Crippen LogP contribution is 2.46. The third kappa shape index (κ3) is 2.90. The number of imidazole rings is 1. The van der Waals surface area contributed by atoms with Crippen LogP contribution in [0.3, 0.4) is 0 Å². The van der Waals surface area contributed by atoms with Crippen molar-refractivity contribution in [3.05, 3.63) is 65.5 Å². The molecule has 0 bridgehead atoms. The van der Waals surface area contributed by atoms with Gasteiger partial charge < -0.3 is 14.8 Å². The number of carbonyl (C=O) groups excluding carboxylic acids is 2. The number of H-pyrrole nitrogens is 1. The van der Waals surface area contributed by atoms with Crippen molar-refractivity contribution >= 4 is 22.8 Å². The van der Waals surface area contributed by atoms with Crippen molar-refractivity contribution in [1.29, 1.82) is 0 Å². The minimum Gasteiger partial charge on any atom is -0.345 e. The number of nitrogens with zero attached hydrogens (tertiary/aromatic N) is 3. The van der Waals surface area contributed by atoms with E-state index in [1.165, 1.54) is 11.1 Å². The Labute approximate surface area is 169 Å². The first-order valence-corrected chi connectivity index (χ1v) is 10.1. The number of hydrogen-bond donors (Lipinski definition) is 1. The predicted molar refractivity (Wildman–Crippen MR) is 110 cm³/mol. The molecule has 0 radical (unpaired) electrons. The molecule has 3 heterocycles. The first-order chi connectivity index (χ1) is 14.0. The number of hydrogen-bond acceptors (Lipinski definition) is 3. The Morgan fingerprint density at radius 1 is 1.10 bits per heavy atom. The number of rotatable bonds is 2. The predicted octanol–water partition coefficient (Wildman–Crippen LogP) is 3.16. The van der Waals surface area contributed by atoms with Gasteiger partial charge in [0.25, 0.3) is 5.91 Å². The summed E-state index contributed by atoms with van der Waals surface area (Å²) in [4.78, 5) is 36.8. The average molecular weight is 388 g/mol. The van der Waals surface area contributed by atoms with Gasteiger partial charge in [-0.2, -0.15) is 0 Å².